The second kappa shape index (κ2) is 4.68. The molecule has 0 radical (unpaired) electrons. The molecule has 0 amide bonds. The number of nitrogens with zero attached hydrogens (tertiary/aromatic N) is 1. The molecule has 0 unspecified atom stereocenters. The van der Waals surface area contributed by atoms with Crippen molar-refractivity contribution in [2.45, 2.75) is 11.6 Å². The predicted molar refractivity (Wildman–Crippen MR) is 63.9 cm³/mol. The number of aromatic nitrogens is 2. The van der Waals surface area contributed by atoms with Crippen LogP contribution in [0.15, 0.2) is 29.4 Å². The number of nitrogens with one attached hydrogen (secondary N) is 1. The van der Waals surface area contributed by atoms with Gasteiger partial charge in [0.05, 0.1) is 7.05 Å². The third-order valence-corrected chi connectivity index (χ3v) is 3.54. The molecular formula is C11H16N3S+. The van der Waals surface area contributed by atoms with Crippen LogP contribution < -0.4 is 10.3 Å². The lowest BCUT2D eigenvalue weighted by molar-refractivity contribution is -0.683. The van der Waals surface area contributed by atoms with Gasteiger partial charge in [-0.3, -0.25) is 0 Å². The number of H-pyrrole nitrogens is 1. The Morgan fingerprint density at radius 3 is 2.93 bits per heavy atom. The van der Waals surface area contributed by atoms with Gasteiger partial charge < -0.3 is 5.73 Å². The lowest BCUT2D eigenvalue weighted by atomic mass is 10.3. The van der Waals surface area contributed by atoms with E-state index in [-0.39, 0.29) is 0 Å². The first kappa shape index (κ1) is 10.5. The Bertz CT molecular complexity index is 450. The number of aryl methyl sites for hydroxylation is 1. The quantitative estimate of drug-likeness (QED) is 0.467. The fourth-order valence-electron chi connectivity index (χ4n) is 1.57. The molecule has 1 aromatic heterocycles. The molecule has 0 spiro atoms. The average Bonchev–Trinajstić information content (AvgIpc) is 2.57. The van der Waals surface area contributed by atoms with Crippen LogP contribution in [0.3, 0.4) is 0 Å². The Hall–Kier alpha value is -1.00. The zero-order valence-corrected chi connectivity index (χ0v) is 9.68. The molecule has 0 aliphatic rings. The molecule has 4 heteroatoms. The van der Waals surface area contributed by atoms with E-state index in [1.54, 1.807) is 0 Å². The van der Waals surface area contributed by atoms with Crippen molar-refractivity contribution in [1.82, 2.24) is 4.98 Å². The van der Waals surface area contributed by atoms with Crippen molar-refractivity contribution in [1.29, 1.82) is 0 Å². The lowest BCUT2D eigenvalue weighted by Gasteiger charge is -1.94. The van der Waals surface area contributed by atoms with Gasteiger partial charge in [-0.25, -0.2) is 9.55 Å². The molecule has 3 N–H and O–H groups in total. The maximum atomic E-state index is 5.48. The summed E-state index contributed by atoms with van der Waals surface area (Å²) in [5.41, 5.74) is 7.91. The second-order valence-electron chi connectivity index (χ2n) is 3.50. The Kier molecular flexibility index (Phi) is 3.28. The molecule has 1 aromatic carbocycles. The fourth-order valence-corrected chi connectivity index (χ4v) is 2.54. The number of para-hydroxylation sites is 2. The summed E-state index contributed by atoms with van der Waals surface area (Å²) in [7, 11) is 2.09. The summed E-state index contributed by atoms with van der Waals surface area (Å²) in [6.07, 6.45) is 1.06. The highest BCUT2D eigenvalue weighted by molar-refractivity contribution is 7.99. The summed E-state index contributed by atoms with van der Waals surface area (Å²) < 4.78 is 2.19. The van der Waals surface area contributed by atoms with Crippen molar-refractivity contribution in [2.24, 2.45) is 12.8 Å². The van der Waals surface area contributed by atoms with Crippen molar-refractivity contribution < 1.29 is 4.57 Å². The number of imidazole rings is 1. The van der Waals surface area contributed by atoms with Gasteiger partial charge in [-0.2, -0.15) is 0 Å². The molecule has 80 valence electrons. The first-order valence-electron chi connectivity index (χ1n) is 5.12. The highest BCUT2D eigenvalue weighted by Crippen LogP contribution is 2.17. The second-order valence-corrected chi connectivity index (χ2v) is 4.58. The van der Waals surface area contributed by atoms with E-state index in [0.29, 0.717) is 0 Å². The largest absolute Gasteiger partial charge is 0.330 e. The van der Waals surface area contributed by atoms with Crippen molar-refractivity contribution in [3.05, 3.63) is 24.3 Å². The smallest absolute Gasteiger partial charge is 0.316 e. The van der Waals surface area contributed by atoms with E-state index in [0.717, 1.165) is 18.7 Å². The van der Waals surface area contributed by atoms with Crippen molar-refractivity contribution in [2.75, 3.05) is 12.3 Å². The van der Waals surface area contributed by atoms with Crippen LogP contribution >= 0.6 is 11.8 Å². The van der Waals surface area contributed by atoms with Gasteiger partial charge in [0.2, 0.25) is 0 Å². The van der Waals surface area contributed by atoms with Crippen molar-refractivity contribution in [3.8, 4) is 0 Å². The number of nitrogens with two attached hydrogens (primary N) is 1. The van der Waals surface area contributed by atoms with Gasteiger partial charge in [-0.15, -0.1) is 0 Å². The number of hydrogen-bond donors (Lipinski definition) is 2. The van der Waals surface area contributed by atoms with Crippen LogP contribution in [-0.2, 0) is 7.05 Å². The summed E-state index contributed by atoms with van der Waals surface area (Å²) >= 11 is 1.82. The van der Waals surface area contributed by atoms with E-state index >= 15 is 0 Å². The molecular weight excluding hydrogens is 206 g/mol. The fraction of sp³-hybridized carbons (Fsp3) is 0.364. The summed E-state index contributed by atoms with van der Waals surface area (Å²) in [4.78, 5) is 3.41. The number of hydrogen-bond acceptors (Lipinski definition) is 2. The molecule has 2 rings (SSSR count). The number of thioether (sulfide) groups is 1. The minimum absolute atomic E-state index is 0.761. The van der Waals surface area contributed by atoms with Gasteiger partial charge in [0.1, 0.15) is 0 Å². The molecule has 0 bridgehead atoms. The molecule has 2 aromatic rings. The van der Waals surface area contributed by atoms with Gasteiger partial charge in [0.25, 0.3) is 0 Å². The van der Waals surface area contributed by atoms with Gasteiger partial charge in [0.15, 0.2) is 11.0 Å². The Morgan fingerprint density at radius 1 is 1.40 bits per heavy atom. The predicted octanol–water partition coefficient (Wildman–Crippen LogP) is 1.43. The Morgan fingerprint density at radius 2 is 2.20 bits per heavy atom. The van der Waals surface area contributed by atoms with Crippen LogP contribution in [0, 0.1) is 0 Å². The molecule has 0 atom stereocenters. The van der Waals surface area contributed by atoms with Crippen LogP contribution in [0.25, 0.3) is 11.0 Å². The van der Waals surface area contributed by atoms with Crippen LogP contribution in [0.2, 0.25) is 0 Å². The van der Waals surface area contributed by atoms with E-state index in [2.05, 4.69) is 34.8 Å². The summed E-state index contributed by atoms with van der Waals surface area (Å²) in [6.45, 7) is 0.761. The van der Waals surface area contributed by atoms with Crippen LogP contribution in [0.1, 0.15) is 6.42 Å². The first-order chi connectivity index (χ1) is 7.33. The lowest BCUT2D eigenvalue weighted by Crippen LogP contribution is -2.28. The van der Waals surface area contributed by atoms with Gasteiger partial charge in [-0.05, 0) is 36.9 Å². The van der Waals surface area contributed by atoms with E-state index in [1.165, 1.54) is 16.2 Å². The highest BCUT2D eigenvalue weighted by atomic mass is 32.2. The van der Waals surface area contributed by atoms with Crippen molar-refractivity contribution >= 4 is 22.8 Å². The van der Waals surface area contributed by atoms with Gasteiger partial charge in [-0.1, -0.05) is 12.1 Å². The first-order valence-corrected chi connectivity index (χ1v) is 6.11. The van der Waals surface area contributed by atoms with Crippen molar-refractivity contribution in [3.63, 3.8) is 0 Å². The standard InChI is InChI=1S/C11H15N3S/c1-14-10-6-3-2-5-9(10)13-11(14)15-8-4-7-12/h2-3,5-6H,4,7-8,12H2,1H3/p+1. The summed E-state index contributed by atoms with van der Waals surface area (Å²) in [5, 5.41) is 1.20. The van der Waals surface area contributed by atoms with Crippen LogP contribution in [0.5, 0.6) is 0 Å². The molecule has 0 saturated heterocycles. The summed E-state index contributed by atoms with van der Waals surface area (Å²) in [5.74, 6) is 1.07. The normalized spacial score (nSPS) is 11.1. The van der Waals surface area contributed by atoms with E-state index in [1.807, 2.05) is 17.8 Å². The SMILES string of the molecule is C[n+]1c(SCCCN)[nH]c2ccccc21. The van der Waals surface area contributed by atoms with Gasteiger partial charge >= 0.3 is 5.16 Å². The molecule has 3 nitrogen and oxygen atoms in total. The zero-order valence-electron chi connectivity index (χ0n) is 8.86. The number of fused-ring (bicyclic) bond motifs is 1. The minimum atomic E-state index is 0.761. The van der Waals surface area contributed by atoms with Crippen LogP contribution in [0.4, 0.5) is 0 Å². The van der Waals surface area contributed by atoms with E-state index in [9.17, 15) is 0 Å². The third-order valence-electron chi connectivity index (χ3n) is 2.40. The third kappa shape index (κ3) is 2.16. The summed E-state index contributed by atoms with van der Waals surface area (Å²) in [6, 6.07) is 8.33. The number of aromatic amines is 1. The maximum absolute atomic E-state index is 5.48. The average molecular weight is 222 g/mol. The molecule has 0 aliphatic carbocycles. The Labute approximate surface area is 93.7 Å². The Balaban J connectivity index is 2.24. The number of benzene rings is 1. The molecule has 0 aliphatic heterocycles. The van der Waals surface area contributed by atoms with Gasteiger partial charge in [0, 0.05) is 5.75 Å². The highest BCUT2D eigenvalue weighted by Gasteiger charge is 2.14. The van der Waals surface area contributed by atoms with E-state index < -0.39 is 0 Å². The topological polar surface area (TPSA) is 45.7 Å². The van der Waals surface area contributed by atoms with E-state index in [4.69, 9.17) is 5.73 Å². The zero-order chi connectivity index (χ0) is 10.7. The van der Waals surface area contributed by atoms with Crippen LogP contribution in [-0.4, -0.2) is 17.3 Å². The number of rotatable bonds is 4. The maximum Gasteiger partial charge on any atom is 0.316 e. The minimum Gasteiger partial charge on any atom is -0.330 e. The molecule has 0 saturated carbocycles. The monoisotopic (exact) mass is 222 g/mol. The molecule has 15 heavy (non-hydrogen) atoms. The molecule has 0 fully saturated rings. The molecule has 1 heterocycles.